The SMILES string of the molecule is N=C(N)N1CCC(CCC(=O)Oc2ccc(C=O)cc2)CC1. The number of hydrogen-bond donors (Lipinski definition) is 2. The Morgan fingerprint density at radius 2 is 1.95 bits per heavy atom. The molecule has 1 aliphatic rings. The van der Waals surface area contributed by atoms with Crippen LogP contribution in [-0.4, -0.2) is 36.2 Å². The van der Waals surface area contributed by atoms with Crippen molar-refractivity contribution in [1.82, 2.24) is 4.90 Å². The standard InChI is InChI=1S/C16H21N3O3/c17-16(18)19-9-7-12(8-10-19)3-6-15(21)22-14-4-1-13(11-20)2-5-14/h1-2,4-5,11-12H,3,6-10H2,(H3,17,18). The Balaban J connectivity index is 1.71. The number of piperidine rings is 1. The van der Waals surface area contributed by atoms with Crippen molar-refractivity contribution in [2.24, 2.45) is 11.7 Å². The molecule has 0 saturated carbocycles. The van der Waals surface area contributed by atoms with E-state index in [4.69, 9.17) is 15.9 Å². The molecule has 118 valence electrons. The predicted octanol–water partition coefficient (Wildman–Crippen LogP) is 1.79. The molecule has 0 atom stereocenters. The van der Waals surface area contributed by atoms with Gasteiger partial charge in [0.1, 0.15) is 12.0 Å². The van der Waals surface area contributed by atoms with E-state index in [-0.39, 0.29) is 11.9 Å². The van der Waals surface area contributed by atoms with E-state index in [1.165, 1.54) is 0 Å². The summed E-state index contributed by atoms with van der Waals surface area (Å²) in [7, 11) is 0. The van der Waals surface area contributed by atoms with E-state index in [0.717, 1.165) is 38.6 Å². The lowest BCUT2D eigenvalue weighted by Crippen LogP contribution is -2.42. The van der Waals surface area contributed by atoms with Crippen molar-refractivity contribution in [3.63, 3.8) is 0 Å². The molecule has 2 rings (SSSR count). The lowest BCUT2D eigenvalue weighted by molar-refractivity contribution is -0.134. The van der Waals surface area contributed by atoms with Crippen molar-refractivity contribution in [3.8, 4) is 5.75 Å². The van der Waals surface area contributed by atoms with Gasteiger partial charge in [-0.05, 0) is 49.4 Å². The van der Waals surface area contributed by atoms with Gasteiger partial charge in [0.2, 0.25) is 0 Å². The predicted molar refractivity (Wildman–Crippen MR) is 82.9 cm³/mol. The van der Waals surface area contributed by atoms with E-state index in [1.54, 1.807) is 24.3 Å². The molecule has 0 aliphatic carbocycles. The van der Waals surface area contributed by atoms with Crippen molar-refractivity contribution >= 4 is 18.2 Å². The van der Waals surface area contributed by atoms with Crippen LogP contribution in [0.4, 0.5) is 0 Å². The second kappa shape index (κ2) is 7.59. The topological polar surface area (TPSA) is 96.5 Å². The Hall–Kier alpha value is -2.37. The Kier molecular flexibility index (Phi) is 5.52. The van der Waals surface area contributed by atoms with Crippen LogP contribution in [0.3, 0.4) is 0 Å². The molecule has 3 N–H and O–H groups in total. The van der Waals surface area contributed by atoms with Crippen LogP contribution >= 0.6 is 0 Å². The highest BCUT2D eigenvalue weighted by atomic mass is 16.5. The number of benzene rings is 1. The van der Waals surface area contributed by atoms with Gasteiger partial charge in [0.05, 0.1) is 0 Å². The number of carbonyl (C=O) groups excluding carboxylic acids is 2. The molecule has 0 spiro atoms. The van der Waals surface area contributed by atoms with Crippen LogP contribution in [-0.2, 0) is 4.79 Å². The Morgan fingerprint density at radius 3 is 2.50 bits per heavy atom. The molecule has 1 aromatic rings. The highest BCUT2D eigenvalue weighted by Crippen LogP contribution is 2.22. The van der Waals surface area contributed by atoms with E-state index in [0.29, 0.717) is 23.7 Å². The molecule has 1 saturated heterocycles. The fourth-order valence-electron chi connectivity index (χ4n) is 2.58. The quantitative estimate of drug-likeness (QED) is 0.284. The summed E-state index contributed by atoms with van der Waals surface area (Å²) in [5.41, 5.74) is 6.01. The molecular weight excluding hydrogens is 282 g/mol. The average molecular weight is 303 g/mol. The molecule has 0 amide bonds. The Labute approximate surface area is 129 Å². The molecule has 1 fully saturated rings. The third-order valence-corrected chi connectivity index (χ3v) is 3.96. The molecule has 6 heteroatoms. The lowest BCUT2D eigenvalue weighted by atomic mass is 9.92. The Morgan fingerprint density at radius 1 is 1.32 bits per heavy atom. The molecule has 0 aromatic heterocycles. The second-order valence-corrected chi connectivity index (χ2v) is 5.52. The summed E-state index contributed by atoms with van der Waals surface area (Å²) >= 11 is 0. The summed E-state index contributed by atoms with van der Waals surface area (Å²) in [6.07, 6.45) is 3.80. The number of rotatable bonds is 5. The molecule has 1 aromatic carbocycles. The molecule has 0 bridgehead atoms. The molecule has 1 heterocycles. The summed E-state index contributed by atoms with van der Waals surface area (Å²) < 4.78 is 5.24. The zero-order valence-corrected chi connectivity index (χ0v) is 12.5. The first-order valence-electron chi connectivity index (χ1n) is 7.43. The first-order valence-corrected chi connectivity index (χ1v) is 7.43. The number of ether oxygens (including phenoxy) is 1. The van der Waals surface area contributed by atoms with Crippen LogP contribution in [0.15, 0.2) is 24.3 Å². The minimum absolute atomic E-state index is 0.122. The fourth-order valence-corrected chi connectivity index (χ4v) is 2.58. The largest absolute Gasteiger partial charge is 0.427 e. The van der Waals surface area contributed by atoms with Crippen molar-refractivity contribution in [3.05, 3.63) is 29.8 Å². The number of aldehydes is 1. The van der Waals surface area contributed by atoms with Crippen molar-refractivity contribution in [2.75, 3.05) is 13.1 Å². The maximum atomic E-state index is 11.8. The van der Waals surface area contributed by atoms with Crippen LogP contribution in [0.2, 0.25) is 0 Å². The van der Waals surface area contributed by atoms with E-state index in [2.05, 4.69) is 0 Å². The van der Waals surface area contributed by atoms with Gasteiger partial charge in [-0.1, -0.05) is 0 Å². The van der Waals surface area contributed by atoms with E-state index in [1.807, 2.05) is 4.90 Å². The highest BCUT2D eigenvalue weighted by Gasteiger charge is 2.20. The first-order chi connectivity index (χ1) is 10.6. The highest BCUT2D eigenvalue weighted by molar-refractivity contribution is 5.76. The normalized spacial score (nSPS) is 15.4. The number of hydrogen-bond acceptors (Lipinski definition) is 4. The maximum absolute atomic E-state index is 11.8. The molecule has 0 unspecified atom stereocenters. The third kappa shape index (κ3) is 4.58. The molecule has 0 radical (unpaired) electrons. The number of nitrogens with zero attached hydrogens (tertiary/aromatic N) is 1. The van der Waals surface area contributed by atoms with Gasteiger partial charge < -0.3 is 15.4 Å². The van der Waals surface area contributed by atoms with Crippen LogP contribution in [0.25, 0.3) is 0 Å². The van der Waals surface area contributed by atoms with Gasteiger partial charge in [0.15, 0.2) is 5.96 Å². The first kappa shape index (κ1) is 16.0. The number of likely N-dealkylation sites (tertiary alicyclic amines) is 1. The van der Waals surface area contributed by atoms with Gasteiger partial charge in [-0.15, -0.1) is 0 Å². The van der Waals surface area contributed by atoms with Crippen molar-refractivity contribution in [1.29, 1.82) is 5.41 Å². The van der Waals surface area contributed by atoms with Gasteiger partial charge in [0, 0.05) is 25.1 Å². The molecule has 6 nitrogen and oxygen atoms in total. The molecule has 1 aliphatic heterocycles. The van der Waals surface area contributed by atoms with Crippen LogP contribution < -0.4 is 10.5 Å². The number of carbonyl (C=O) groups is 2. The van der Waals surface area contributed by atoms with Crippen LogP contribution in [0.1, 0.15) is 36.0 Å². The monoisotopic (exact) mass is 303 g/mol. The number of nitrogens with two attached hydrogens (primary N) is 1. The van der Waals surface area contributed by atoms with Crippen LogP contribution in [0, 0.1) is 11.3 Å². The summed E-state index contributed by atoms with van der Waals surface area (Å²) in [5.74, 6) is 0.798. The number of esters is 1. The van der Waals surface area contributed by atoms with Crippen LogP contribution in [0.5, 0.6) is 5.75 Å². The zero-order chi connectivity index (χ0) is 15.9. The third-order valence-electron chi connectivity index (χ3n) is 3.96. The van der Waals surface area contributed by atoms with Crippen molar-refractivity contribution in [2.45, 2.75) is 25.7 Å². The maximum Gasteiger partial charge on any atom is 0.311 e. The number of guanidine groups is 1. The lowest BCUT2D eigenvalue weighted by Gasteiger charge is -2.31. The minimum Gasteiger partial charge on any atom is -0.427 e. The summed E-state index contributed by atoms with van der Waals surface area (Å²) in [5, 5.41) is 7.39. The van der Waals surface area contributed by atoms with Crippen molar-refractivity contribution < 1.29 is 14.3 Å². The molecule has 22 heavy (non-hydrogen) atoms. The minimum atomic E-state index is -0.257. The van der Waals surface area contributed by atoms with E-state index < -0.39 is 0 Å². The van der Waals surface area contributed by atoms with Gasteiger partial charge in [0.25, 0.3) is 0 Å². The van der Waals surface area contributed by atoms with Gasteiger partial charge in [-0.3, -0.25) is 15.0 Å². The summed E-state index contributed by atoms with van der Waals surface area (Å²) in [6, 6.07) is 6.47. The zero-order valence-electron chi connectivity index (χ0n) is 12.5. The average Bonchev–Trinajstić information content (AvgIpc) is 2.54. The number of nitrogens with one attached hydrogen (secondary N) is 1. The fraction of sp³-hybridized carbons (Fsp3) is 0.438. The smallest absolute Gasteiger partial charge is 0.311 e. The van der Waals surface area contributed by atoms with Gasteiger partial charge >= 0.3 is 5.97 Å². The summed E-state index contributed by atoms with van der Waals surface area (Å²) in [6.45, 7) is 1.56. The summed E-state index contributed by atoms with van der Waals surface area (Å²) in [4.78, 5) is 24.2. The van der Waals surface area contributed by atoms with Gasteiger partial charge in [-0.2, -0.15) is 0 Å². The van der Waals surface area contributed by atoms with E-state index in [9.17, 15) is 9.59 Å². The molecular formula is C16H21N3O3. The second-order valence-electron chi connectivity index (χ2n) is 5.52. The van der Waals surface area contributed by atoms with E-state index >= 15 is 0 Å². The Bertz CT molecular complexity index is 534. The van der Waals surface area contributed by atoms with Gasteiger partial charge in [-0.25, -0.2) is 0 Å².